The second-order valence-corrected chi connectivity index (χ2v) is 10.8. The zero-order valence-electron chi connectivity index (χ0n) is 24.5. The average molecular weight is 582 g/mol. The highest BCUT2D eigenvalue weighted by atomic mass is 32.2. The molecule has 1 heterocycles. The van der Waals surface area contributed by atoms with Gasteiger partial charge in [-0.25, -0.2) is 4.79 Å². The minimum atomic E-state index is -0.447. The van der Waals surface area contributed by atoms with Crippen molar-refractivity contribution in [3.63, 3.8) is 0 Å². The molecule has 2 amide bonds. The second-order valence-electron chi connectivity index (χ2n) is 9.98. The van der Waals surface area contributed by atoms with Crippen molar-refractivity contribution in [2.45, 2.75) is 84.0 Å². The number of fused-ring (bicyclic) bond motifs is 1. The maximum absolute atomic E-state index is 12.3. The van der Waals surface area contributed by atoms with Crippen LogP contribution in [0.25, 0.3) is 10.9 Å². The van der Waals surface area contributed by atoms with E-state index in [-0.39, 0.29) is 5.12 Å². The fourth-order valence-electron chi connectivity index (χ4n) is 4.51. The van der Waals surface area contributed by atoms with E-state index in [1.165, 1.54) is 57.8 Å². The van der Waals surface area contributed by atoms with E-state index in [9.17, 15) is 9.59 Å². The van der Waals surface area contributed by atoms with Gasteiger partial charge in [0.25, 0.3) is 0 Å². The van der Waals surface area contributed by atoms with Crippen molar-refractivity contribution in [2.75, 3.05) is 19.5 Å². The van der Waals surface area contributed by atoms with Crippen molar-refractivity contribution in [1.82, 2.24) is 9.71 Å². The minimum absolute atomic E-state index is 0.0290. The van der Waals surface area contributed by atoms with Crippen molar-refractivity contribution in [3.05, 3.63) is 48.7 Å². The molecule has 0 aliphatic heterocycles. The van der Waals surface area contributed by atoms with Gasteiger partial charge in [0.2, 0.25) is 5.12 Å². The number of methoxy groups -OCH3 is 2. The molecule has 0 spiro atoms. The Bertz CT molecular complexity index is 1240. The molecule has 222 valence electrons. The van der Waals surface area contributed by atoms with Crippen LogP contribution in [0.15, 0.2) is 48.7 Å². The van der Waals surface area contributed by atoms with Crippen LogP contribution < -0.4 is 24.2 Å². The van der Waals surface area contributed by atoms with Crippen molar-refractivity contribution >= 4 is 39.7 Å². The quantitative estimate of drug-likeness (QED) is 0.121. The van der Waals surface area contributed by atoms with E-state index in [0.29, 0.717) is 40.6 Å². The Labute approximate surface area is 248 Å². The molecule has 2 aromatic carbocycles. The van der Waals surface area contributed by atoms with Gasteiger partial charge >= 0.3 is 6.03 Å². The first-order valence-corrected chi connectivity index (χ1v) is 15.4. The Morgan fingerprint density at radius 1 is 0.780 bits per heavy atom. The van der Waals surface area contributed by atoms with Crippen molar-refractivity contribution < 1.29 is 23.8 Å². The number of carbonyl (C=O) groups is 2. The molecule has 0 saturated carbocycles. The number of rotatable bonds is 17. The lowest BCUT2D eigenvalue weighted by Gasteiger charge is -2.12. The molecule has 8 nitrogen and oxygen atoms in total. The molecular weight excluding hydrogens is 538 g/mol. The summed E-state index contributed by atoms with van der Waals surface area (Å²) in [4.78, 5) is 28.8. The molecule has 41 heavy (non-hydrogen) atoms. The average Bonchev–Trinajstić information content (AvgIpc) is 2.99. The largest absolute Gasteiger partial charge is 0.493 e. The number of pyridine rings is 1. The van der Waals surface area contributed by atoms with Gasteiger partial charge in [-0.3, -0.25) is 14.5 Å². The summed E-state index contributed by atoms with van der Waals surface area (Å²) in [5.41, 5.74) is 1.30. The minimum Gasteiger partial charge on any atom is -0.493 e. The van der Waals surface area contributed by atoms with Gasteiger partial charge in [-0.05, 0) is 42.8 Å². The summed E-state index contributed by atoms with van der Waals surface area (Å²) >= 11 is 0.846. The van der Waals surface area contributed by atoms with Gasteiger partial charge in [-0.1, -0.05) is 71.1 Å². The van der Waals surface area contributed by atoms with E-state index >= 15 is 0 Å². The van der Waals surface area contributed by atoms with Crippen LogP contribution in [0, 0.1) is 0 Å². The fourth-order valence-corrected chi connectivity index (χ4v) is 5.02. The number of nitrogens with one attached hydrogen (secondary N) is 2. The lowest BCUT2D eigenvalue weighted by Crippen LogP contribution is -2.24. The van der Waals surface area contributed by atoms with Gasteiger partial charge in [0.1, 0.15) is 11.5 Å². The van der Waals surface area contributed by atoms with Crippen LogP contribution in [0.2, 0.25) is 0 Å². The second kappa shape index (κ2) is 18.1. The normalized spacial score (nSPS) is 10.8. The molecule has 3 aromatic rings. The highest BCUT2D eigenvalue weighted by molar-refractivity contribution is 8.12. The highest BCUT2D eigenvalue weighted by Crippen LogP contribution is 2.37. The Morgan fingerprint density at radius 2 is 1.39 bits per heavy atom. The van der Waals surface area contributed by atoms with E-state index in [1.807, 2.05) is 6.07 Å². The Balaban J connectivity index is 1.35. The first-order valence-electron chi connectivity index (χ1n) is 14.6. The third-order valence-corrected chi connectivity index (χ3v) is 7.51. The summed E-state index contributed by atoms with van der Waals surface area (Å²) in [6, 6.07) is 11.9. The van der Waals surface area contributed by atoms with Crippen LogP contribution in [-0.2, 0) is 4.79 Å². The van der Waals surface area contributed by atoms with E-state index < -0.39 is 6.03 Å². The van der Waals surface area contributed by atoms with Crippen molar-refractivity contribution in [1.29, 1.82) is 0 Å². The monoisotopic (exact) mass is 581 g/mol. The molecule has 0 unspecified atom stereocenters. The van der Waals surface area contributed by atoms with Gasteiger partial charge in [-0.2, -0.15) is 0 Å². The Hall–Kier alpha value is -3.46. The fraction of sp³-hybridized carbons (Fsp3) is 0.469. The first-order chi connectivity index (χ1) is 20.0. The van der Waals surface area contributed by atoms with Crippen LogP contribution in [0.1, 0.15) is 84.0 Å². The molecule has 0 radical (unpaired) electrons. The molecule has 3 rings (SSSR count). The van der Waals surface area contributed by atoms with Gasteiger partial charge in [0.15, 0.2) is 11.5 Å². The molecule has 0 fully saturated rings. The Kier molecular flexibility index (Phi) is 14.1. The number of hydrogen-bond acceptors (Lipinski definition) is 7. The molecule has 0 bridgehead atoms. The van der Waals surface area contributed by atoms with Gasteiger partial charge < -0.3 is 19.5 Å². The Morgan fingerprint density at radius 3 is 2.02 bits per heavy atom. The summed E-state index contributed by atoms with van der Waals surface area (Å²) < 4.78 is 19.4. The van der Waals surface area contributed by atoms with Gasteiger partial charge in [0.05, 0.1) is 19.7 Å². The summed E-state index contributed by atoms with van der Waals surface area (Å²) in [5.74, 6) is 2.38. The lowest BCUT2D eigenvalue weighted by atomic mass is 10.1. The molecule has 9 heteroatoms. The summed E-state index contributed by atoms with van der Waals surface area (Å²) in [5, 5.41) is 3.49. The number of anilines is 1. The van der Waals surface area contributed by atoms with Crippen molar-refractivity contribution in [2.24, 2.45) is 0 Å². The van der Waals surface area contributed by atoms with Crippen LogP contribution in [0.4, 0.5) is 10.5 Å². The number of aromatic nitrogens is 1. The van der Waals surface area contributed by atoms with Crippen LogP contribution >= 0.6 is 11.9 Å². The number of carbonyl (C=O) groups excluding carboxylic acids is 2. The third-order valence-electron chi connectivity index (χ3n) is 6.79. The number of hydrogen-bond donors (Lipinski definition) is 2. The molecule has 0 atom stereocenters. The van der Waals surface area contributed by atoms with E-state index in [1.54, 1.807) is 56.8 Å². The smallest absolute Gasteiger partial charge is 0.329 e. The molecule has 2 N–H and O–H groups in total. The summed E-state index contributed by atoms with van der Waals surface area (Å²) in [7, 11) is 3.16. The SMILES string of the molecule is CCCCCCCCCCCCCC(=O)SNC(=O)Nc1ccc(Oc2ccnc3cc(OC)c(OC)cc23)cc1. The van der Waals surface area contributed by atoms with Crippen LogP contribution in [0.5, 0.6) is 23.0 Å². The zero-order valence-corrected chi connectivity index (χ0v) is 25.3. The topological polar surface area (TPSA) is 98.8 Å². The van der Waals surface area contributed by atoms with Crippen LogP contribution in [-0.4, -0.2) is 30.3 Å². The number of ether oxygens (including phenoxy) is 3. The maximum Gasteiger partial charge on any atom is 0.329 e. The highest BCUT2D eigenvalue weighted by Gasteiger charge is 2.12. The van der Waals surface area contributed by atoms with Gasteiger partial charge in [-0.15, -0.1) is 0 Å². The molecular formula is C32H43N3O5S. The molecule has 0 aliphatic carbocycles. The summed E-state index contributed by atoms with van der Waals surface area (Å²) in [6.45, 7) is 2.24. The van der Waals surface area contributed by atoms with E-state index in [0.717, 1.165) is 30.2 Å². The van der Waals surface area contributed by atoms with Gasteiger partial charge in [0, 0.05) is 41.7 Å². The maximum atomic E-state index is 12.3. The van der Waals surface area contributed by atoms with Crippen molar-refractivity contribution in [3.8, 4) is 23.0 Å². The van der Waals surface area contributed by atoms with Crippen LogP contribution in [0.3, 0.4) is 0 Å². The lowest BCUT2D eigenvalue weighted by molar-refractivity contribution is -0.111. The number of benzene rings is 2. The zero-order chi connectivity index (χ0) is 29.3. The summed E-state index contributed by atoms with van der Waals surface area (Å²) in [6.07, 6.45) is 15.8. The third kappa shape index (κ3) is 11.1. The molecule has 1 aromatic heterocycles. The number of unbranched alkanes of at least 4 members (excludes halogenated alkanes) is 10. The number of amides is 2. The van der Waals surface area contributed by atoms with E-state index in [2.05, 4.69) is 21.9 Å². The number of urea groups is 1. The standard InChI is InChI=1S/C32H43N3O5S/c1-4-5-6-7-8-9-10-11-12-13-14-15-31(36)41-35-32(37)34-24-16-18-25(19-17-24)40-28-20-21-33-27-23-30(39-3)29(38-2)22-26(27)28/h16-23H,4-15H2,1-3H3,(H2,34,35,37). The predicted molar refractivity (Wildman–Crippen MR) is 167 cm³/mol. The predicted octanol–water partition coefficient (Wildman–Crippen LogP) is 9.04. The molecule has 0 saturated heterocycles. The first kappa shape index (κ1) is 32.1. The molecule has 0 aliphatic rings. The van der Waals surface area contributed by atoms with E-state index in [4.69, 9.17) is 14.2 Å². The number of nitrogens with zero attached hydrogens (tertiary/aromatic N) is 1.